The SMILES string of the molecule is CCN1C(=NCc2ccncc2)SC[C@@]1(O)c1ccc(C)cc1. The largest absolute Gasteiger partial charge is 0.366 e. The molecule has 5 heteroatoms. The normalized spacial score (nSPS) is 22.7. The molecule has 3 rings (SSSR count). The minimum absolute atomic E-state index is 0.596. The number of pyridine rings is 1. The van der Waals surface area contributed by atoms with Gasteiger partial charge in [0.1, 0.15) is 0 Å². The molecule has 120 valence electrons. The quantitative estimate of drug-likeness (QED) is 0.937. The third-order valence-corrected chi connectivity index (χ3v) is 5.21. The Bertz CT molecular complexity index is 687. The van der Waals surface area contributed by atoms with Crippen molar-refractivity contribution in [2.75, 3.05) is 12.3 Å². The minimum Gasteiger partial charge on any atom is -0.366 e. The molecular weight excluding hydrogens is 306 g/mol. The van der Waals surface area contributed by atoms with E-state index in [-0.39, 0.29) is 0 Å². The maximum absolute atomic E-state index is 11.2. The summed E-state index contributed by atoms with van der Waals surface area (Å²) < 4.78 is 0. The van der Waals surface area contributed by atoms with Gasteiger partial charge < -0.3 is 10.0 Å². The van der Waals surface area contributed by atoms with E-state index in [1.165, 1.54) is 5.56 Å². The van der Waals surface area contributed by atoms with Crippen LogP contribution in [-0.4, -0.2) is 32.5 Å². The molecule has 0 aliphatic carbocycles. The molecule has 1 N–H and O–H groups in total. The molecule has 0 saturated carbocycles. The highest BCUT2D eigenvalue weighted by Gasteiger charge is 2.43. The number of aryl methyl sites for hydroxylation is 1. The second kappa shape index (κ2) is 6.72. The van der Waals surface area contributed by atoms with E-state index < -0.39 is 5.72 Å². The van der Waals surface area contributed by atoms with E-state index in [2.05, 4.69) is 11.9 Å². The summed E-state index contributed by atoms with van der Waals surface area (Å²) in [6.07, 6.45) is 3.55. The van der Waals surface area contributed by atoms with Crippen LogP contribution in [0.1, 0.15) is 23.6 Å². The van der Waals surface area contributed by atoms with Gasteiger partial charge in [-0.15, -0.1) is 0 Å². The molecule has 0 spiro atoms. The molecule has 0 amide bonds. The topological polar surface area (TPSA) is 48.7 Å². The highest BCUT2D eigenvalue weighted by atomic mass is 32.2. The molecule has 1 aliphatic rings. The van der Waals surface area contributed by atoms with Crippen LogP contribution in [0.5, 0.6) is 0 Å². The predicted molar refractivity (Wildman–Crippen MR) is 95.3 cm³/mol. The van der Waals surface area contributed by atoms with E-state index in [1.807, 2.05) is 48.2 Å². The van der Waals surface area contributed by atoms with Gasteiger partial charge in [0.25, 0.3) is 0 Å². The molecule has 0 radical (unpaired) electrons. The van der Waals surface area contributed by atoms with Crippen molar-refractivity contribution < 1.29 is 5.11 Å². The lowest BCUT2D eigenvalue weighted by atomic mass is 10.0. The standard InChI is InChI=1S/C18H21N3OS/c1-3-21-17(20-12-15-8-10-19-11-9-15)23-13-18(21,22)16-6-4-14(2)5-7-16/h4-11,22H,3,12-13H2,1-2H3/t18-/m1/s1. The third kappa shape index (κ3) is 3.26. The number of hydrogen-bond acceptors (Lipinski definition) is 4. The van der Waals surface area contributed by atoms with Crippen LogP contribution in [-0.2, 0) is 12.3 Å². The van der Waals surface area contributed by atoms with E-state index in [4.69, 9.17) is 4.99 Å². The number of aliphatic hydroxyl groups is 1. The Balaban J connectivity index is 1.83. The molecule has 0 unspecified atom stereocenters. The minimum atomic E-state index is -0.982. The molecular formula is C18H21N3OS. The van der Waals surface area contributed by atoms with Crippen LogP contribution in [0.2, 0.25) is 0 Å². The van der Waals surface area contributed by atoms with E-state index in [0.717, 1.165) is 16.3 Å². The van der Waals surface area contributed by atoms with Crippen LogP contribution in [0.15, 0.2) is 53.8 Å². The van der Waals surface area contributed by atoms with Crippen molar-refractivity contribution in [1.29, 1.82) is 0 Å². The zero-order valence-electron chi connectivity index (χ0n) is 13.4. The summed E-state index contributed by atoms with van der Waals surface area (Å²) in [6.45, 7) is 5.42. The summed E-state index contributed by atoms with van der Waals surface area (Å²) in [6, 6.07) is 12.0. The number of amidine groups is 1. The zero-order chi connectivity index (χ0) is 16.3. The maximum Gasteiger partial charge on any atom is 0.175 e. The lowest BCUT2D eigenvalue weighted by Crippen LogP contribution is -2.44. The fourth-order valence-corrected chi connectivity index (χ4v) is 3.96. The molecule has 2 aromatic rings. The van der Waals surface area contributed by atoms with E-state index >= 15 is 0 Å². The summed E-state index contributed by atoms with van der Waals surface area (Å²) in [5.41, 5.74) is 2.25. The van der Waals surface area contributed by atoms with E-state index in [0.29, 0.717) is 18.8 Å². The van der Waals surface area contributed by atoms with Crippen molar-refractivity contribution in [1.82, 2.24) is 9.88 Å². The first-order chi connectivity index (χ1) is 11.1. The number of rotatable bonds is 4. The summed E-state index contributed by atoms with van der Waals surface area (Å²) in [4.78, 5) is 10.7. The Hall–Kier alpha value is -1.85. The average molecular weight is 327 g/mol. The van der Waals surface area contributed by atoms with Crippen molar-refractivity contribution in [3.8, 4) is 0 Å². The summed E-state index contributed by atoms with van der Waals surface area (Å²) in [5.74, 6) is 0.596. The first-order valence-electron chi connectivity index (χ1n) is 7.77. The number of aromatic nitrogens is 1. The second-order valence-corrected chi connectivity index (χ2v) is 6.61. The Kier molecular flexibility index (Phi) is 4.68. The highest BCUT2D eigenvalue weighted by Crippen LogP contribution is 2.39. The molecule has 1 fully saturated rings. The number of hydrogen-bond donors (Lipinski definition) is 1. The molecule has 2 heterocycles. The van der Waals surface area contributed by atoms with Crippen LogP contribution in [0.3, 0.4) is 0 Å². The van der Waals surface area contributed by atoms with E-state index in [1.54, 1.807) is 24.2 Å². The molecule has 1 atom stereocenters. The molecule has 1 aromatic carbocycles. The smallest absolute Gasteiger partial charge is 0.175 e. The lowest BCUT2D eigenvalue weighted by molar-refractivity contribution is -0.0453. The highest BCUT2D eigenvalue weighted by molar-refractivity contribution is 8.14. The maximum atomic E-state index is 11.2. The average Bonchev–Trinajstić information content (AvgIpc) is 2.91. The molecule has 1 saturated heterocycles. The van der Waals surface area contributed by atoms with Crippen LogP contribution in [0, 0.1) is 6.92 Å². The van der Waals surface area contributed by atoms with Crippen molar-refractivity contribution in [3.05, 3.63) is 65.5 Å². The van der Waals surface area contributed by atoms with Crippen molar-refractivity contribution >= 4 is 16.9 Å². The van der Waals surface area contributed by atoms with Gasteiger partial charge >= 0.3 is 0 Å². The summed E-state index contributed by atoms with van der Waals surface area (Å²) in [5, 5.41) is 12.1. The van der Waals surface area contributed by atoms with Gasteiger partial charge in [-0.05, 0) is 31.5 Å². The third-order valence-electron chi connectivity index (χ3n) is 4.06. The number of benzene rings is 1. The predicted octanol–water partition coefficient (Wildman–Crippen LogP) is 3.16. The Morgan fingerprint density at radius 1 is 1.22 bits per heavy atom. The van der Waals surface area contributed by atoms with Crippen LogP contribution < -0.4 is 0 Å². The molecule has 23 heavy (non-hydrogen) atoms. The molecule has 1 aromatic heterocycles. The van der Waals surface area contributed by atoms with Gasteiger partial charge in [-0.3, -0.25) is 9.98 Å². The van der Waals surface area contributed by atoms with Gasteiger partial charge in [0, 0.05) is 24.5 Å². The van der Waals surface area contributed by atoms with Crippen LogP contribution >= 0.6 is 11.8 Å². The molecule has 0 bridgehead atoms. The van der Waals surface area contributed by atoms with Crippen molar-refractivity contribution in [3.63, 3.8) is 0 Å². The van der Waals surface area contributed by atoms with Gasteiger partial charge in [0.15, 0.2) is 10.9 Å². The van der Waals surface area contributed by atoms with Gasteiger partial charge in [-0.25, -0.2) is 0 Å². The zero-order valence-corrected chi connectivity index (χ0v) is 14.3. The number of nitrogens with zero attached hydrogens (tertiary/aromatic N) is 3. The second-order valence-electron chi connectivity index (χ2n) is 5.67. The van der Waals surface area contributed by atoms with Gasteiger partial charge in [-0.2, -0.15) is 0 Å². The Morgan fingerprint density at radius 3 is 2.57 bits per heavy atom. The molecule has 1 aliphatic heterocycles. The first kappa shape index (κ1) is 16.0. The fourth-order valence-electron chi connectivity index (χ4n) is 2.71. The van der Waals surface area contributed by atoms with Crippen LogP contribution in [0.4, 0.5) is 0 Å². The summed E-state index contributed by atoms with van der Waals surface area (Å²) in [7, 11) is 0. The van der Waals surface area contributed by atoms with Crippen molar-refractivity contribution in [2.24, 2.45) is 4.99 Å². The Labute approximate surface area is 141 Å². The Morgan fingerprint density at radius 2 is 1.91 bits per heavy atom. The summed E-state index contributed by atoms with van der Waals surface area (Å²) >= 11 is 1.61. The van der Waals surface area contributed by atoms with Crippen molar-refractivity contribution in [2.45, 2.75) is 26.1 Å². The molecule has 4 nitrogen and oxygen atoms in total. The van der Waals surface area contributed by atoms with Gasteiger partial charge in [-0.1, -0.05) is 41.6 Å². The monoisotopic (exact) mass is 327 g/mol. The van der Waals surface area contributed by atoms with E-state index in [9.17, 15) is 5.11 Å². The van der Waals surface area contributed by atoms with Crippen LogP contribution in [0.25, 0.3) is 0 Å². The number of thioether (sulfide) groups is 1. The fraction of sp³-hybridized carbons (Fsp3) is 0.333. The van der Waals surface area contributed by atoms with Gasteiger partial charge in [0.05, 0.1) is 12.3 Å². The van der Waals surface area contributed by atoms with Gasteiger partial charge in [0.2, 0.25) is 0 Å². The number of aliphatic imine (C=N–C) groups is 1. The lowest BCUT2D eigenvalue weighted by Gasteiger charge is -2.33. The first-order valence-corrected chi connectivity index (χ1v) is 8.75.